The molecule has 2 rings (SSSR count). The summed E-state index contributed by atoms with van der Waals surface area (Å²) in [6.45, 7) is 9.69. The van der Waals surface area contributed by atoms with Crippen LogP contribution in [0.4, 0.5) is 0 Å². The zero-order valence-corrected chi connectivity index (χ0v) is 13.1. The van der Waals surface area contributed by atoms with Crippen LogP contribution in [-0.2, 0) is 0 Å². The summed E-state index contributed by atoms with van der Waals surface area (Å²) in [6.07, 6.45) is 9.91. The van der Waals surface area contributed by atoms with Crippen molar-refractivity contribution in [2.75, 3.05) is 26.2 Å². The van der Waals surface area contributed by atoms with Gasteiger partial charge in [-0.05, 0) is 75.4 Å². The molecule has 0 aromatic heterocycles. The van der Waals surface area contributed by atoms with E-state index in [4.69, 9.17) is 5.73 Å². The topological polar surface area (TPSA) is 29.3 Å². The van der Waals surface area contributed by atoms with Gasteiger partial charge in [-0.15, -0.1) is 0 Å². The fourth-order valence-electron chi connectivity index (χ4n) is 4.20. The summed E-state index contributed by atoms with van der Waals surface area (Å²) < 4.78 is 0. The van der Waals surface area contributed by atoms with Gasteiger partial charge < -0.3 is 10.6 Å². The van der Waals surface area contributed by atoms with Crippen LogP contribution in [0.3, 0.4) is 0 Å². The van der Waals surface area contributed by atoms with Crippen LogP contribution in [0.2, 0.25) is 0 Å². The summed E-state index contributed by atoms with van der Waals surface area (Å²) >= 11 is 0. The van der Waals surface area contributed by atoms with Crippen LogP contribution in [0.5, 0.6) is 0 Å². The molecule has 1 saturated carbocycles. The van der Waals surface area contributed by atoms with Crippen LogP contribution < -0.4 is 5.73 Å². The summed E-state index contributed by atoms with van der Waals surface area (Å²) in [5.41, 5.74) is 5.97. The molecular formula is C17H34N2. The SMILES string of the molecule is CC(C)C1CCCN(CC2CCCCC2CN)CC1. The maximum atomic E-state index is 5.97. The van der Waals surface area contributed by atoms with Crippen LogP contribution in [0.15, 0.2) is 0 Å². The van der Waals surface area contributed by atoms with Gasteiger partial charge in [0.25, 0.3) is 0 Å². The molecule has 1 aliphatic carbocycles. The molecule has 0 amide bonds. The number of hydrogen-bond acceptors (Lipinski definition) is 2. The molecule has 1 heterocycles. The molecule has 0 aromatic rings. The largest absolute Gasteiger partial charge is 0.330 e. The average molecular weight is 266 g/mol. The van der Waals surface area contributed by atoms with E-state index in [2.05, 4.69) is 18.7 Å². The molecule has 2 aliphatic rings. The highest BCUT2D eigenvalue weighted by atomic mass is 15.1. The molecule has 2 heteroatoms. The van der Waals surface area contributed by atoms with Crippen LogP contribution >= 0.6 is 0 Å². The molecule has 0 bridgehead atoms. The molecule has 0 spiro atoms. The predicted octanol–water partition coefficient (Wildman–Crippen LogP) is 3.51. The molecule has 1 aliphatic heterocycles. The van der Waals surface area contributed by atoms with Crippen molar-refractivity contribution in [1.29, 1.82) is 0 Å². The Morgan fingerprint density at radius 2 is 1.68 bits per heavy atom. The Morgan fingerprint density at radius 1 is 0.947 bits per heavy atom. The minimum absolute atomic E-state index is 0.804. The number of nitrogens with zero attached hydrogens (tertiary/aromatic N) is 1. The Labute approximate surface area is 120 Å². The van der Waals surface area contributed by atoms with Gasteiger partial charge in [0.05, 0.1) is 0 Å². The molecule has 112 valence electrons. The van der Waals surface area contributed by atoms with Gasteiger partial charge in [0.2, 0.25) is 0 Å². The van der Waals surface area contributed by atoms with Gasteiger partial charge >= 0.3 is 0 Å². The maximum absolute atomic E-state index is 5.97. The number of rotatable bonds is 4. The summed E-state index contributed by atoms with van der Waals surface area (Å²) in [6, 6.07) is 0. The van der Waals surface area contributed by atoms with E-state index < -0.39 is 0 Å². The third-order valence-corrected chi connectivity index (χ3v) is 5.67. The van der Waals surface area contributed by atoms with E-state index in [-0.39, 0.29) is 0 Å². The van der Waals surface area contributed by atoms with Gasteiger partial charge in [-0.25, -0.2) is 0 Å². The third-order valence-electron chi connectivity index (χ3n) is 5.67. The van der Waals surface area contributed by atoms with Crippen molar-refractivity contribution < 1.29 is 0 Å². The molecule has 2 N–H and O–H groups in total. The first kappa shape index (κ1) is 15.3. The van der Waals surface area contributed by atoms with Gasteiger partial charge in [-0.3, -0.25) is 0 Å². The standard InChI is InChI=1S/C17H34N2/c1-14(2)15-8-5-10-19(11-9-15)13-17-7-4-3-6-16(17)12-18/h14-17H,3-13,18H2,1-2H3. The van der Waals surface area contributed by atoms with Crippen molar-refractivity contribution in [3.63, 3.8) is 0 Å². The molecule has 2 fully saturated rings. The first-order chi connectivity index (χ1) is 9.20. The van der Waals surface area contributed by atoms with Gasteiger partial charge in [-0.2, -0.15) is 0 Å². The zero-order valence-electron chi connectivity index (χ0n) is 13.1. The number of hydrogen-bond donors (Lipinski definition) is 1. The summed E-state index contributed by atoms with van der Waals surface area (Å²) in [5.74, 6) is 3.51. The Bertz CT molecular complexity index is 252. The summed E-state index contributed by atoms with van der Waals surface area (Å²) in [5, 5.41) is 0. The highest BCUT2D eigenvalue weighted by Crippen LogP contribution is 2.31. The van der Waals surface area contributed by atoms with Crippen molar-refractivity contribution in [1.82, 2.24) is 4.90 Å². The highest BCUT2D eigenvalue weighted by molar-refractivity contribution is 4.80. The van der Waals surface area contributed by atoms with Crippen molar-refractivity contribution in [2.45, 2.75) is 58.8 Å². The van der Waals surface area contributed by atoms with Crippen LogP contribution in [0.1, 0.15) is 58.8 Å². The summed E-state index contributed by atoms with van der Waals surface area (Å²) in [7, 11) is 0. The lowest BCUT2D eigenvalue weighted by Gasteiger charge is -2.34. The number of nitrogens with two attached hydrogens (primary N) is 1. The lowest BCUT2D eigenvalue weighted by molar-refractivity contribution is 0.155. The second kappa shape index (κ2) is 7.64. The van der Waals surface area contributed by atoms with Gasteiger partial charge in [0, 0.05) is 6.54 Å². The molecule has 3 unspecified atom stereocenters. The molecule has 2 nitrogen and oxygen atoms in total. The fourth-order valence-corrected chi connectivity index (χ4v) is 4.20. The first-order valence-electron chi connectivity index (χ1n) is 8.63. The van der Waals surface area contributed by atoms with Crippen LogP contribution in [-0.4, -0.2) is 31.1 Å². The van der Waals surface area contributed by atoms with E-state index in [0.717, 1.165) is 30.2 Å². The Hall–Kier alpha value is -0.0800. The van der Waals surface area contributed by atoms with E-state index in [1.54, 1.807) is 0 Å². The Kier molecular flexibility index (Phi) is 6.15. The molecule has 0 radical (unpaired) electrons. The highest BCUT2D eigenvalue weighted by Gasteiger charge is 2.27. The van der Waals surface area contributed by atoms with Gasteiger partial charge in [0.15, 0.2) is 0 Å². The van der Waals surface area contributed by atoms with Crippen molar-refractivity contribution in [3.8, 4) is 0 Å². The predicted molar refractivity (Wildman–Crippen MR) is 83.1 cm³/mol. The molecule has 19 heavy (non-hydrogen) atoms. The summed E-state index contributed by atoms with van der Waals surface area (Å²) in [4.78, 5) is 2.75. The van der Waals surface area contributed by atoms with E-state index in [0.29, 0.717) is 0 Å². The Balaban J connectivity index is 1.81. The minimum Gasteiger partial charge on any atom is -0.330 e. The van der Waals surface area contributed by atoms with Crippen LogP contribution in [0, 0.1) is 23.7 Å². The lowest BCUT2D eigenvalue weighted by Crippen LogP contribution is -2.37. The quantitative estimate of drug-likeness (QED) is 0.843. The second-order valence-electron chi connectivity index (χ2n) is 7.28. The number of likely N-dealkylation sites (tertiary alicyclic amines) is 1. The van der Waals surface area contributed by atoms with Crippen molar-refractivity contribution in [2.24, 2.45) is 29.4 Å². The molecular weight excluding hydrogens is 232 g/mol. The van der Waals surface area contributed by atoms with E-state index >= 15 is 0 Å². The normalized spacial score (nSPS) is 34.4. The molecule has 3 atom stereocenters. The van der Waals surface area contributed by atoms with Gasteiger partial charge in [-0.1, -0.05) is 26.7 Å². The molecule has 0 aromatic carbocycles. The van der Waals surface area contributed by atoms with Gasteiger partial charge in [0.1, 0.15) is 0 Å². The monoisotopic (exact) mass is 266 g/mol. The Morgan fingerprint density at radius 3 is 2.37 bits per heavy atom. The minimum atomic E-state index is 0.804. The maximum Gasteiger partial charge on any atom is 0.00128 e. The first-order valence-corrected chi connectivity index (χ1v) is 8.63. The van der Waals surface area contributed by atoms with E-state index in [1.807, 2.05) is 0 Å². The fraction of sp³-hybridized carbons (Fsp3) is 1.00. The van der Waals surface area contributed by atoms with Crippen LogP contribution in [0.25, 0.3) is 0 Å². The van der Waals surface area contributed by atoms with E-state index in [9.17, 15) is 0 Å². The molecule has 1 saturated heterocycles. The van der Waals surface area contributed by atoms with Crippen molar-refractivity contribution >= 4 is 0 Å². The average Bonchev–Trinajstić information content (AvgIpc) is 2.65. The van der Waals surface area contributed by atoms with E-state index in [1.165, 1.54) is 64.6 Å². The lowest BCUT2D eigenvalue weighted by atomic mass is 9.79. The zero-order chi connectivity index (χ0) is 13.7. The third kappa shape index (κ3) is 4.46. The second-order valence-corrected chi connectivity index (χ2v) is 7.28. The van der Waals surface area contributed by atoms with Crippen molar-refractivity contribution in [3.05, 3.63) is 0 Å². The smallest absolute Gasteiger partial charge is 0.00128 e.